The fraction of sp³-hybridized carbons (Fsp3) is 0.611. The zero-order chi connectivity index (χ0) is 20.8. The van der Waals surface area contributed by atoms with E-state index in [-0.39, 0.29) is 55.7 Å². The summed E-state index contributed by atoms with van der Waals surface area (Å²) in [6.45, 7) is 4.32. The van der Waals surface area contributed by atoms with E-state index in [1.165, 1.54) is 9.47 Å². The van der Waals surface area contributed by atoms with Crippen LogP contribution in [0.15, 0.2) is 9.59 Å². The molecule has 1 aliphatic heterocycles. The number of rotatable bonds is 9. The number of aromatic nitrogens is 2. The smallest absolute Gasteiger partial charge is 0.330 e. The van der Waals surface area contributed by atoms with Crippen molar-refractivity contribution >= 4 is 29.2 Å². The van der Waals surface area contributed by atoms with Crippen molar-refractivity contribution in [3.8, 4) is 0 Å². The minimum atomic E-state index is -0.729. The first-order valence-electron chi connectivity index (χ1n) is 9.57. The Morgan fingerprint density at radius 2 is 1.71 bits per heavy atom. The van der Waals surface area contributed by atoms with E-state index in [1.54, 1.807) is 0 Å². The molecule has 0 radical (unpaired) electrons. The highest BCUT2D eigenvalue weighted by molar-refractivity contribution is 6.02. The van der Waals surface area contributed by atoms with Gasteiger partial charge in [0.1, 0.15) is 5.82 Å². The molecule has 0 spiro atoms. The van der Waals surface area contributed by atoms with Crippen molar-refractivity contribution in [2.75, 3.05) is 23.7 Å². The third-order valence-corrected chi connectivity index (χ3v) is 4.67. The molecule has 2 rings (SSSR count). The lowest BCUT2D eigenvalue weighted by atomic mass is 10.2. The number of imide groups is 1. The topological polar surface area (TPSA) is 139 Å². The molecule has 0 aliphatic carbocycles. The molecule has 2 heterocycles. The number of hydrogen-bond acceptors (Lipinski definition) is 6. The number of amides is 3. The van der Waals surface area contributed by atoms with Crippen molar-refractivity contribution in [2.24, 2.45) is 0 Å². The van der Waals surface area contributed by atoms with Crippen LogP contribution in [0.25, 0.3) is 0 Å². The Balaban J connectivity index is 2.32. The number of nitrogen functional groups attached to an aromatic ring is 1. The number of anilines is 2. The Morgan fingerprint density at radius 3 is 2.29 bits per heavy atom. The first kappa shape index (κ1) is 21.4. The van der Waals surface area contributed by atoms with Gasteiger partial charge in [-0.2, -0.15) is 0 Å². The molecular weight excluding hydrogens is 366 g/mol. The number of nitrogens with two attached hydrogens (primary N) is 1. The van der Waals surface area contributed by atoms with Gasteiger partial charge in [-0.05, 0) is 12.8 Å². The molecule has 1 aromatic rings. The number of nitrogens with zero attached hydrogens (tertiary/aromatic N) is 3. The van der Waals surface area contributed by atoms with Crippen LogP contribution >= 0.6 is 0 Å². The molecule has 3 amide bonds. The van der Waals surface area contributed by atoms with Crippen LogP contribution in [0.5, 0.6) is 0 Å². The molecule has 10 heteroatoms. The number of unbranched alkanes of at least 4 members (excludes halogenated alkanes) is 1. The lowest BCUT2D eigenvalue weighted by Gasteiger charge is -2.25. The van der Waals surface area contributed by atoms with Gasteiger partial charge in [0.05, 0.1) is 0 Å². The van der Waals surface area contributed by atoms with Gasteiger partial charge in [0.15, 0.2) is 5.69 Å². The van der Waals surface area contributed by atoms with Gasteiger partial charge < -0.3 is 10.6 Å². The monoisotopic (exact) mass is 393 g/mol. The molecule has 0 aromatic carbocycles. The van der Waals surface area contributed by atoms with E-state index in [2.05, 4.69) is 4.98 Å². The van der Waals surface area contributed by atoms with Gasteiger partial charge >= 0.3 is 5.69 Å². The van der Waals surface area contributed by atoms with Crippen LogP contribution < -0.4 is 21.9 Å². The molecule has 0 atom stereocenters. The highest BCUT2D eigenvalue weighted by atomic mass is 16.2. The summed E-state index contributed by atoms with van der Waals surface area (Å²) < 4.78 is 1.23. The first-order chi connectivity index (χ1) is 13.3. The highest BCUT2D eigenvalue weighted by Gasteiger charge is 2.30. The number of H-pyrrole nitrogens is 1. The van der Waals surface area contributed by atoms with Crippen LogP contribution in [0, 0.1) is 0 Å². The predicted molar refractivity (Wildman–Crippen MR) is 104 cm³/mol. The summed E-state index contributed by atoms with van der Waals surface area (Å²) >= 11 is 0. The van der Waals surface area contributed by atoms with Gasteiger partial charge in [-0.1, -0.05) is 20.3 Å². The van der Waals surface area contributed by atoms with Crippen LogP contribution in [-0.2, 0) is 20.9 Å². The highest BCUT2D eigenvalue weighted by Crippen LogP contribution is 2.20. The minimum Gasteiger partial charge on any atom is -0.383 e. The second-order valence-electron chi connectivity index (χ2n) is 6.73. The number of hydrogen-bond donors (Lipinski definition) is 2. The van der Waals surface area contributed by atoms with Crippen molar-refractivity contribution < 1.29 is 14.4 Å². The summed E-state index contributed by atoms with van der Waals surface area (Å²) in [6, 6.07) is 0. The number of aromatic amines is 1. The lowest BCUT2D eigenvalue weighted by molar-refractivity contribution is -0.138. The molecule has 154 valence electrons. The van der Waals surface area contributed by atoms with Crippen LogP contribution in [0.3, 0.4) is 0 Å². The van der Waals surface area contributed by atoms with Crippen molar-refractivity contribution in [1.29, 1.82) is 0 Å². The molecule has 28 heavy (non-hydrogen) atoms. The van der Waals surface area contributed by atoms with Gasteiger partial charge in [0.2, 0.25) is 17.7 Å². The van der Waals surface area contributed by atoms with Crippen LogP contribution in [0.2, 0.25) is 0 Å². The van der Waals surface area contributed by atoms with Gasteiger partial charge in [0.25, 0.3) is 5.56 Å². The summed E-state index contributed by atoms with van der Waals surface area (Å²) in [6.07, 6.45) is 2.21. The van der Waals surface area contributed by atoms with Gasteiger partial charge in [0, 0.05) is 38.9 Å². The van der Waals surface area contributed by atoms with E-state index in [0.717, 1.165) is 11.3 Å². The quantitative estimate of drug-likeness (QED) is 0.575. The Labute approximate surface area is 162 Å². The maximum atomic E-state index is 12.9. The number of likely N-dealkylation sites (tertiary alicyclic amines) is 1. The summed E-state index contributed by atoms with van der Waals surface area (Å²) in [5.41, 5.74) is 4.66. The lowest BCUT2D eigenvalue weighted by Crippen LogP contribution is -2.43. The average molecular weight is 393 g/mol. The third-order valence-electron chi connectivity index (χ3n) is 4.67. The van der Waals surface area contributed by atoms with Crippen LogP contribution in [0.1, 0.15) is 52.4 Å². The zero-order valence-corrected chi connectivity index (χ0v) is 16.3. The summed E-state index contributed by atoms with van der Waals surface area (Å²) in [5.74, 6) is -1.09. The fourth-order valence-corrected chi connectivity index (χ4v) is 3.18. The van der Waals surface area contributed by atoms with Gasteiger partial charge in [-0.15, -0.1) is 0 Å². The van der Waals surface area contributed by atoms with E-state index in [1.807, 2.05) is 13.8 Å². The molecule has 1 saturated heterocycles. The Kier molecular flexibility index (Phi) is 7.13. The summed E-state index contributed by atoms with van der Waals surface area (Å²) in [5, 5.41) is 0. The molecule has 1 aromatic heterocycles. The molecule has 3 N–H and O–H groups in total. The molecule has 1 fully saturated rings. The van der Waals surface area contributed by atoms with E-state index < -0.39 is 17.2 Å². The average Bonchev–Trinajstić information content (AvgIpc) is 2.97. The second kappa shape index (κ2) is 9.34. The van der Waals surface area contributed by atoms with Crippen molar-refractivity contribution in [3.05, 3.63) is 20.8 Å². The van der Waals surface area contributed by atoms with Gasteiger partial charge in [-0.3, -0.25) is 33.6 Å². The standard InChI is InChI=1S/C18H27N5O5/c1-3-5-10-22(14(26)8-11-21-12(24)6-7-13(21)25)15-16(19)23(9-4-2)18(28)20-17(15)27/h3-11,19H2,1-2H3,(H,20,27,28). The largest absolute Gasteiger partial charge is 0.383 e. The Hall–Kier alpha value is -2.91. The summed E-state index contributed by atoms with van der Waals surface area (Å²) in [7, 11) is 0. The summed E-state index contributed by atoms with van der Waals surface area (Å²) in [4.78, 5) is 65.3. The maximum absolute atomic E-state index is 12.9. The molecule has 10 nitrogen and oxygen atoms in total. The second-order valence-corrected chi connectivity index (χ2v) is 6.73. The van der Waals surface area contributed by atoms with E-state index >= 15 is 0 Å². The van der Waals surface area contributed by atoms with E-state index in [9.17, 15) is 24.0 Å². The Morgan fingerprint density at radius 1 is 1.07 bits per heavy atom. The van der Waals surface area contributed by atoms with Crippen LogP contribution in [-0.4, -0.2) is 45.3 Å². The first-order valence-corrected chi connectivity index (χ1v) is 9.57. The van der Waals surface area contributed by atoms with Crippen molar-refractivity contribution in [2.45, 2.75) is 58.9 Å². The molecular formula is C18H27N5O5. The van der Waals surface area contributed by atoms with Gasteiger partial charge in [-0.25, -0.2) is 4.79 Å². The molecule has 0 bridgehead atoms. The van der Waals surface area contributed by atoms with E-state index in [4.69, 9.17) is 5.73 Å². The fourth-order valence-electron chi connectivity index (χ4n) is 3.18. The molecule has 1 aliphatic rings. The van der Waals surface area contributed by atoms with E-state index in [0.29, 0.717) is 19.4 Å². The molecule has 0 saturated carbocycles. The normalized spacial score (nSPS) is 14.0. The zero-order valence-electron chi connectivity index (χ0n) is 16.3. The SMILES string of the molecule is CCCCN(C(=O)CCN1C(=O)CCC1=O)c1c(N)n(CCC)c(=O)[nH]c1=O. The molecule has 0 unspecified atom stereocenters. The predicted octanol–water partition coefficient (Wildman–Crippen LogP) is 0.201. The van der Waals surface area contributed by atoms with Crippen LogP contribution in [0.4, 0.5) is 11.5 Å². The van der Waals surface area contributed by atoms with Crippen molar-refractivity contribution in [3.63, 3.8) is 0 Å². The minimum absolute atomic E-state index is 0.0362. The number of carbonyl (C=O) groups is 3. The van der Waals surface area contributed by atoms with Crippen molar-refractivity contribution in [1.82, 2.24) is 14.5 Å². The maximum Gasteiger partial charge on any atom is 0.330 e. The Bertz CT molecular complexity index is 856. The number of carbonyl (C=O) groups excluding carboxylic acids is 3. The third kappa shape index (κ3) is 4.49. The number of nitrogens with one attached hydrogen (secondary N) is 1.